The molecule has 0 spiro atoms. The van der Waals surface area contributed by atoms with Crippen LogP contribution in [-0.2, 0) is 62.0 Å². The van der Waals surface area contributed by atoms with Crippen LogP contribution in [0.15, 0.2) is 17.2 Å². The molecule has 1 fully saturated rings. The lowest BCUT2D eigenvalue weighted by Crippen LogP contribution is -2.49. The number of methoxy groups -OCH3 is 1. The third-order valence-electron chi connectivity index (χ3n) is 7.19. The van der Waals surface area contributed by atoms with Crippen LogP contribution in [0.1, 0.15) is 66.2 Å². The number of aryl methyl sites for hydroxylation is 2. The Morgan fingerprint density at radius 3 is 2.30 bits per heavy atom. The SMILES string of the molecule is COC1(c2cc(S(=O)(=O)NC(=O)Cc3c4c(cc5c3CCC5)CCC4)nn2C(C)C)COC1. The smallest absolute Gasteiger partial charge is 0.283 e. The van der Waals surface area contributed by atoms with Crippen LogP contribution in [0, 0.1) is 0 Å². The Kier molecular flexibility index (Phi) is 5.61. The van der Waals surface area contributed by atoms with Gasteiger partial charge in [-0.25, -0.2) is 4.72 Å². The highest BCUT2D eigenvalue weighted by atomic mass is 32.2. The molecule has 0 saturated carbocycles. The second-order valence-electron chi connectivity index (χ2n) is 9.64. The number of benzene rings is 1. The molecule has 0 atom stereocenters. The van der Waals surface area contributed by atoms with Crippen molar-refractivity contribution in [2.24, 2.45) is 0 Å². The molecule has 1 N–H and O–H groups in total. The van der Waals surface area contributed by atoms with Crippen LogP contribution in [0.5, 0.6) is 0 Å². The van der Waals surface area contributed by atoms with E-state index >= 15 is 0 Å². The maximum absolute atomic E-state index is 13.1. The van der Waals surface area contributed by atoms with Gasteiger partial charge in [-0.1, -0.05) is 6.07 Å². The number of nitrogens with one attached hydrogen (secondary N) is 1. The van der Waals surface area contributed by atoms with Crippen LogP contribution >= 0.6 is 0 Å². The maximum atomic E-state index is 13.1. The zero-order chi connectivity index (χ0) is 23.4. The van der Waals surface area contributed by atoms with E-state index in [0.29, 0.717) is 18.9 Å². The average Bonchev–Trinajstić information content (AvgIpc) is 3.46. The molecule has 1 amide bonds. The van der Waals surface area contributed by atoms with Crippen LogP contribution < -0.4 is 4.72 Å². The highest BCUT2D eigenvalue weighted by molar-refractivity contribution is 7.90. The molecule has 1 aromatic carbocycles. The van der Waals surface area contributed by atoms with Gasteiger partial charge in [0.2, 0.25) is 5.91 Å². The monoisotopic (exact) mass is 473 g/mol. The van der Waals surface area contributed by atoms with Crippen LogP contribution in [-0.4, -0.2) is 44.4 Å². The van der Waals surface area contributed by atoms with Crippen molar-refractivity contribution in [1.82, 2.24) is 14.5 Å². The number of hydrogen-bond acceptors (Lipinski definition) is 6. The number of fused-ring (bicyclic) bond motifs is 2. The molecule has 2 heterocycles. The lowest BCUT2D eigenvalue weighted by atomic mass is 9.92. The summed E-state index contributed by atoms with van der Waals surface area (Å²) in [6.07, 6.45) is 6.25. The quantitative estimate of drug-likeness (QED) is 0.663. The first-order valence-corrected chi connectivity index (χ1v) is 13.2. The van der Waals surface area contributed by atoms with E-state index in [0.717, 1.165) is 44.1 Å². The molecule has 0 unspecified atom stereocenters. The van der Waals surface area contributed by atoms with Gasteiger partial charge in [-0.2, -0.15) is 13.5 Å². The van der Waals surface area contributed by atoms with Gasteiger partial charge >= 0.3 is 0 Å². The minimum atomic E-state index is -4.12. The Hall–Kier alpha value is -2.23. The molecule has 5 rings (SSSR count). The van der Waals surface area contributed by atoms with Crippen molar-refractivity contribution in [3.63, 3.8) is 0 Å². The van der Waals surface area contributed by atoms with Crippen molar-refractivity contribution in [1.29, 1.82) is 0 Å². The highest BCUT2D eigenvalue weighted by Gasteiger charge is 2.45. The molecular formula is C24H31N3O5S. The van der Waals surface area contributed by atoms with E-state index in [1.54, 1.807) is 11.8 Å². The summed E-state index contributed by atoms with van der Waals surface area (Å²) in [5, 5.41) is 4.16. The second-order valence-corrected chi connectivity index (χ2v) is 11.3. The number of rotatable bonds is 7. The first-order chi connectivity index (χ1) is 15.7. The molecule has 2 aromatic rings. The van der Waals surface area contributed by atoms with E-state index < -0.39 is 21.5 Å². The number of hydrogen-bond donors (Lipinski definition) is 1. The molecule has 0 radical (unpaired) electrons. The molecule has 9 heteroatoms. The summed E-state index contributed by atoms with van der Waals surface area (Å²) in [5.41, 5.74) is 6.12. The standard InChI is InChI=1S/C24H31N3O5S/c1-15(2)27-21(24(31-3)13-32-14-24)12-23(25-27)33(29,30)26-22(28)11-20-18-8-4-6-16(18)10-17-7-5-9-19(17)20/h10,12,15H,4-9,11,13-14H2,1-3H3,(H,26,28). The van der Waals surface area contributed by atoms with Gasteiger partial charge in [-0.15, -0.1) is 0 Å². The first kappa shape index (κ1) is 22.6. The van der Waals surface area contributed by atoms with Crippen LogP contribution in [0.25, 0.3) is 0 Å². The second kappa shape index (κ2) is 8.21. The molecule has 1 aromatic heterocycles. The Labute approximate surface area is 194 Å². The minimum Gasteiger partial charge on any atom is -0.374 e. The Balaban J connectivity index is 1.41. The number of nitrogens with zero attached hydrogens (tertiary/aromatic N) is 2. The summed E-state index contributed by atoms with van der Waals surface area (Å²) in [7, 11) is -2.55. The number of carbonyl (C=O) groups excluding carboxylic acids is 1. The molecule has 178 valence electrons. The van der Waals surface area contributed by atoms with Crippen molar-refractivity contribution in [2.45, 2.75) is 75.5 Å². The zero-order valence-electron chi connectivity index (χ0n) is 19.4. The zero-order valence-corrected chi connectivity index (χ0v) is 20.3. The van der Waals surface area contributed by atoms with Crippen molar-refractivity contribution in [2.75, 3.05) is 20.3 Å². The molecule has 8 nitrogen and oxygen atoms in total. The molecule has 2 aliphatic carbocycles. The van der Waals surface area contributed by atoms with E-state index in [2.05, 4.69) is 15.9 Å². The van der Waals surface area contributed by atoms with Gasteiger partial charge in [0.25, 0.3) is 10.0 Å². The van der Waals surface area contributed by atoms with Gasteiger partial charge in [0.15, 0.2) is 10.6 Å². The molecule has 3 aliphatic rings. The normalized spacial score (nSPS) is 18.8. The summed E-state index contributed by atoms with van der Waals surface area (Å²) >= 11 is 0. The van der Waals surface area contributed by atoms with Crippen molar-refractivity contribution in [3.05, 3.63) is 45.6 Å². The van der Waals surface area contributed by atoms with Gasteiger partial charge in [0, 0.05) is 19.2 Å². The van der Waals surface area contributed by atoms with Gasteiger partial charge in [0.1, 0.15) is 0 Å². The predicted molar refractivity (Wildman–Crippen MR) is 122 cm³/mol. The number of sulfonamides is 1. The van der Waals surface area contributed by atoms with E-state index in [9.17, 15) is 13.2 Å². The fourth-order valence-electron chi connectivity index (χ4n) is 5.44. The number of ether oxygens (including phenoxy) is 2. The van der Waals surface area contributed by atoms with Crippen molar-refractivity contribution < 1.29 is 22.7 Å². The molecule has 1 saturated heterocycles. The molecular weight excluding hydrogens is 442 g/mol. The minimum absolute atomic E-state index is 0.0817. The Morgan fingerprint density at radius 1 is 1.15 bits per heavy atom. The van der Waals surface area contributed by atoms with Gasteiger partial charge in [-0.3, -0.25) is 9.48 Å². The van der Waals surface area contributed by atoms with Crippen LogP contribution in [0.2, 0.25) is 0 Å². The van der Waals surface area contributed by atoms with E-state index in [-0.39, 0.29) is 17.5 Å². The largest absolute Gasteiger partial charge is 0.374 e. The van der Waals surface area contributed by atoms with Gasteiger partial charge < -0.3 is 9.47 Å². The fraction of sp³-hybridized carbons (Fsp3) is 0.583. The number of aromatic nitrogens is 2. The van der Waals surface area contributed by atoms with E-state index in [1.807, 2.05) is 13.8 Å². The van der Waals surface area contributed by atoms with Gasteiger partial charge in [0.05, 0.1) is 25.3 Å². The summed E-state index contributed by atoms with van der Waals surface area (Å²) in [5.74, 6) is -0.515. The van der Waals surface area contributed by atoms with Crippen LogP contribution in [0.3, 0.4) is 0 Å². The number of carbonyl (C=O) groups is 1. The predicted octanol–water partition coefficient (Wildman–Crippen LogP) is 2.36. The lowest BCUT2D eigenvalue weighted by Gasteiger charge is -2.40. The van der Waals surface area contributed by atoms with E-state index in [1.165, 1.54) is 28.3 Å². The van der Waals surface area contributed by atoms with E-state index in [4.69, 9.17) is 9.47 Å². The average molecular weight is 474 g/mol. The number of amides is 1. The van der Waals surface area contributed by atoms with Crippen LogP contribution in [0.4, 0.5) is 0 Å². The Morgan fingerprint density at radius 2 is 1.79 bits per heavy atom. The Bertz CT molecular complexity index is 1170. The summed E-state index contributed by atoms with van der Waals surface area (Å²) < 4.78 is 41.2. The topological polar surface area (TPSA) is 99.5 Å². The van der Waals surface area contributed by atoms with Crippen molar-refractivity contribution >= 4 is 15.9 Å². The van der Waals surface area contributed by atoms with Gasteiger partial charge in [-0.05, 0) is 80.2 Å². The third kappa shape index (κ3) is 3.80. The maximum Gasteiger partial charge on any atom is 0.283 e. The molecule has 1 aliphatic heterocycles. The molecule has 0 bridgehead atoms. The third-order valence-corrected chi connectivity index (χ3v) is 8.44. The fourth-order valence-corrected chi connectivity index (χ4v) is 6.38. The summed E-state index contributed by atoms with van der Waals surface area (Å²) in [6, 6.07) is 3.72. The lowest BCUT2D eigenvalue weighted by molar-refractivity contribution is -0.206. The van der Waals surface area contributed by atoms with Crippen molar-refractivity contribution in [3.8, 4) is 0 Å². The summed E-state index contributed by atoms with van der Waals surface area (Å²) in [6.45, 7) is 4.51. The molecule has 33 heavy (non-hydrogen) atoms. The highest BCUT2D eigenvalue weighted by Crippen LogP contribution is 2.37. The first-order valence-electron chi connectivity index (χ1n) is 11.7. The summed E-state index contributed by atoms with van der Waals surface area (Å²) in [4.78, 5) is 13.0.